The zero-order valence-corrected chi connectivity index (χ0v) is 12.8. The Balaban J connectivity index is 2.47. The number of pyridine rings is 1. The molecule has 0 saturated heterocycles. The number of primary amides is 1. The predicted octanol–water partition coefficient (Wildman–Crippen LogP) is 1.44. The summed E-state index contributed by atoms with van der Waals surface area (Å²) in [6, 6.07) is 7.12. The van der Waals surface area contributed by atoms with Crippen LogP contribution in [0.4, 0.5) is 0 Å². The fourth-order valence-corrected chi connectivity index (χ4v) is 2.27. The molecule has 0 fully saturated rings. The van der Waals surface area contributed by atoms with Crippen molar-refractivity contribution in [3.05, 3.63) is 52.6 Å². The molecule has 6 heteroatoms. The van der Waals surface area contributed by atoms with Crippen molar-refractivity contribution in [2.45, 2.75) is 13.5 Å². The van der Waals surface area contributed by atoms with Gasteiger partial charge < -0.3 is 19.8 Å². The van der Waals surface area contributed by atoms with E-state index in [4.69, 9.17) is 20.6 Å². The van der Waals surface area contributed by atoms with Crippen LogP contribution in [-0.4, -0.2) is 24.7 Å². The molecular formula is C16H19N3O3. The molecule has 0 radical (unpaired) electrons. The van der Waals surface area contributed by atoms with E-state index in [1.165, 1.54) is 0 Å². The second kappa shape index (κ2) is 6.34. The van der Waals surface area contributed by atoms with Gasteiger partial charge in [-0.05, 0) is 36.2 Å². The number of hydrogen-bond donors (Lipinski definition) is 2. The molecule has 2 aromatic rings. The van der Waals surface area contributed by atoms with Crippen molar-refractivity contribution in [1.29, 1.82) is 5.41 Å². The molecule has 0 bridgehead atoms. The van der Waals surface area contributed by atoms with Gasteiger partial charge in [0.25, 0.3) is 5.91 Å². The number of amides is 1. The van der Waals surface area contributed by atoms with E-state index >= 15 is 0 Å². The van der Waals surface area contributed by atoms with Gasteiger partial charge in [0.15, 0.2) is 0 Å². The predicted molar refractivity (Wildman–Crippen MR) is 82.2 cm³/mol. The van der Waals surface area contributed by atoms with Gasteiger partial charge in [-0.1, -0.05) is 0 Å². The Bertz CT molecular complexity index is 743. The third kappa shape index (κ3) is 3.28. The first kappa shape index (κ1) is 15.6. The summed E-state index contributed by atoms with van der Waals surface area (Å²) in [5.41, 5.74) is 7.37. The fraction of sp³-hybridized carbons (Fsp3) is 0.250. The van der Waals surface area contributed by atoms with E-state index in [0.717, 1.165) is 11.1 Å². The summed E-state index contributed by atoms with van der Waals surface area (Å²) >= 11 is 0. The molecule has 6 nitrogen and oxygen atoms in total. The summed E-state index contributed by atoms with van der Waals surface area (Å²) in [7, 11) is 3.17. The highest BCUT2D eigenvalue weighted by atomic mass is 16.5. The van der Waals surface area contributed by atoms with E-state index in [1.54, 1.807) is 37.1 Å². The topological polar surface area (TPSA) is 90.3 Å². The first-order chi connectivity index (χ1) is 10.4. The van der Waals surface area contributed by atoms with Crippen LogP contribution in [0.25, 0.3) is 0 Å². The van der Waals surface area contributed by atoms with Gasteiger partial charge >= 0.3 is 0 Å². The number of carbonyl (C=O) groups excluding carboxylic acids is 1. The molecule has 116 valence electrons. The van der Waals surface area contributed by atoms with Crippen LogP contribution >= 0.6 is 0 Å². The Labute approximate surface area is 128 Å². The largest absolute Gasteiger partial charge is 0.497 e. The summed E-state index contributed by atoms with van der Waals surface area (Å²) in [5.74, 6) is 0.735. The average molecular weight is 301 g/mol. The number of methoxy groups -OCH3 is 2. The van der Waals surface area contributed by atoms with Crippen molar-refractivity contribution in [2.24, 2.45) is 5.73 Å². The lowest BCUT2D eigenvalue weighted by molar-refractivity contribution is 0.0997. The molecule has 1 aromatic heterocycles. The molecule has 0 aliphatic rings. The highest BCUT2D eigenvalue weighted by molar-refractivity contribution is 5.92. The van der Waals surface area contributed by atoms with E-state index in [1.807, 2.05) is 19.1 Å². The van der Waals surface area contributed by atoms with Crippen molar-refractivity contribution < 1.29 is 14.3 Å². The summed E-state index contributed by atoms with van der Waals surface area (Å²) in [5, 5.41) is 8.12. The van der Waals surface area contributed by atoms with Gasteiger partial charge in [-0.25, -0.2) is 0 Å². The normalized spacial score (nSPS) is 10.3. The van der Waals surface area contributed by atoms with E-state index in [9.17, 15) is 4.79 Å². The molecule has 2 rings (SSSR count). The molecule has 0 aliphatic heterocycles. The van der Waals surface area contributed by atoms with Crippen molar-refractivity contribution in [3.63, 3.8) is 0 Å². The van der Waals surface area contributed by atoms with E-state index in [2.05, 4.69) is 0 Å². The maximum absolute atomic E-state index is 11.4. The highest BCUT2D eigenvalue weighted by Gasteiger charge is 2.09. The van der Waals surface area contributed by atoms with Crippen LogP contribution in [0.3, 0.4) is 0 Å². The van der Waals surface area contributed by atoms with Crippen LogP contribution in [0.5, 0.6) is 11.5 Å². The van der Waals surface area contributed by atoms with Crippen LogP contribution in [0.15, 0.2) is 30.5 Å². The van der Waals surface area contributed by atoms with E-state index in [-0.39, 0.29) is 11.1 Å². The minimum Gasteiger partial charge on any atom is -0.497 e. The maximum Gasteiger partial charge on any atom is 0.252 e. The van der Waals surface area contributed by atoms with Crippen LogP contribution < -0.4 is 20.7 Å². The monoisotopic (exact) mass is 301 g/mol. The number of aryl methyl sites for hydroxylation is 1. The molecule has 0 unspecified atom stereocenters. The molecule has 22 heavy (non-hydrogen) atoms. The molecule has 0 atom stereocenters. The number of nitrogens with zero attached hydrogens (tertiary/aromatic N) is 1. The quantitative estimate of drug-likeness (QED) is 0.875. The third-order valence-corrected chi connectivity index (χ3v) is 3.30. The lowest BCUT2D eigenvalue weighted by atomic mass is 10.1. The minimum absolute atomic E-state index is 0.0832. The molecule has 3 N–H and O–H groups in total. The van der Waals surface area contributed by atoms with Crippen LogP contribution in [-0.2, 0) is 6.54 Å². The second-order valence-electron chi connectivity index (χ2n) is 4.99. The van der Waals surface area contributed by atoms with Gasteiger partial charge in [0.1, 0.15) is 17.0 Å². The molecule has 1 aromatic carbocycles. The number of rotatable bonds is 5. The summed E-state index contributed by atoms with van der Waals surface area (Å²) in [6.45, 7) is 2.27. The first-order valence-corrected chi connectivity index (χ1v) is 6.72. The number of nitrogens with two attached hydrogens (primary N) is 1. The third-order valence-electron chi connectivity index (χ3n) is 3.30. The smallest absolute Gasteiger partial charge is 0.252 e. The molecule has 0 aliphatic carbocycles. The molecule has 0 saturated carbocycles. The Kier molecular flexibility index (Phi) is 4.50. The van der Waals surface area contributed by atoms with Crippen LogP contribution in [0, 0.1) is 12.3 Å². The van der Waals surface area contributed by atoms with E-state index < -0.39 is 5.91 Å². The average Bonchev–Trinajstić information content (AvgIpc) is 2.49. The number of benzene rings is 1. The van der Waals surface area contributed by atoms with Crippen molar-refractivity contribution in [2.75, 3.05) is 14.2 Å². The Morgan fingerprint density at radius 1 is 1.18 bits per heavy atom. The maximum atomic E-state index is 11.4. The molecule has 0 spiro atoms. The number of hydrogen-bond acceptors (Lipinski definition) is 4. The molecule has 1 heterocycles. The van der Waals surface area contributed by atoms with Gasteiger partial charge in [0.05, 0.1) is 19.8 Å². The second-order valence-corrected chi connectivity index (χ2v) is 4.99. The number of aromatic nitrogens is 1. The van der Waals surface area contributed by atoms with E-state index in [0.29, 0.717) is 18.0 Å². The van der Waals surface area contributed by atoms with Crippen LogP contribution in [0.1, 0.15) is 21.5 Å². The number of nitrogens with one attached hydrogen (secondary N) is 1. The first-order valence-electron chi connectivity index (χ1n) is 6.72. The molecule has 1 amide bonds. The molecular weight excluding hydrogens is 282 g/mol. The summed E-state index contributed by atoms with van der Waals surface area (Å²) in [4.78, 5) is 11.4. The van der Waals surface area contributed by atoms with Crippen LogP contribution in [0.2, 0.25) is 0 Å². The zero-order chi connectivity index (χ0) is 16.3. The van der Waals surface area contributed by atoms with Gasteiger partial charge in [0, 0.05) is 18.8 Å². The van der Waals surface area contributed by atoms with Gasteiger partial charge in [-0.2, -0.15) is 0 Å². The van der Waals surface area contributed by atoms with Gasteiger partial charge in [0.2, 0.25) is 0 Å². The standard InChI is InChI=1S/C16H19N3O3/c1-10-4-14(16(18)20)15(17)19(8-10)9-11-5-12(21-2)7-13(6-11)22-3/h4-8,17H,9H2,1-3H3,(H2,18,20). The lowest BCUT2D eigenvalue weighted by Crippen LogP contribution is -2.30. The Morgan fingerprint density at radius 3 is 2.27 bits per heavy atom. The fourth-order valence-electron chi connectivity index (χ4n) is 2.27. The Morgan fingerprint density at radius 2 is 1.77 bits per heavy atom. The summed E-state index contributed by atoms with van der Waals surface area (Å²) in [6.07, 6.45) is 1.81. The number of ether oxygens (including phenoxy) is 2. The summed E-state index contributed by atoms with van der Waals surface area (Å²) < 4.78 is 12.2. The zero-order valence-electron chi connectivity index (χ0n) is 12.8. The van der Waals surface area contributed by atoms with Crippen molar-refractivity contribution in [3.8, 4) is 11.5 Å². The lowest BCUT2D eigenvalue weighted by Gasteiger charge is -2.13. The minimum atomic E-state index is -0.606. The SMILES string of the molecule is COc1cc(Cn2cc(C)cc(C(N)=O)c2=N)cc(OC)c1. The Hall–Kier alpha value is -2.76. The van der Waals surface area contributed by atoms with Gasteiger partial charge in [-0.15, -0.1) is 0 Å². The van der Waals surface area contributed by atoms with Crippen molar-refractivity contribution >= 4 is 5.91 Å². The number of carbonyl (C=O) groups is 1. The highest BCUT2D eigenvalue weighted by Crippen LogP contribution is 2.22. The van der Waals surface area contributed by atoms with Gasteiger partial charge in [-0.3, -0.25) is 10.2 Å². The van der Waals surface area contributed by atoms with Crippen molar-refractivity contribution in [1.82, 2.24) is 4.57 Å².